The Bertz CT molecular complexity index is 328. The largest absolute Gasteiger partial charge is 0.353 e. The van der Waals surface area contributed by atoms with Crippen molar-refractivity contribution in [1.82, 2.24) is 10.6 Å². The van der Waals surface area contributed by atoms with E-state index < -0.39 is 11.4 Å². The number of carbonyl (C=O) groups excluding carboxylic acids is 2. The number of hydrogen-bond acceptors (Lipinski definition) is 3. The van der Waals surface area contributed by atoms with Crippen molar-refractivity contribution in [3.8, 4) is 6.07 Å². The second-order valence-corrected chi connectivity index (χ2v) is 4.25. The Morgan fingerprint density at radius 3 is 2.44 bits per heavy atom. The molecule has 16 heavy (non-hydrogen) atoms. The Morgan fingerprint density at radius 1 is 1.44 bits per heavy atom. The number of nitrogens with zero attached hydrogens (tertiary/aromatic N) is 1. The number of nitrogens with one attached hydrogen (secondary N) is 2. The van der Waals surface area contributed by atoms with E-state index in [-0.39, 0.29) is 12.5 Å². The normalized spacial score (nSPS) is 27.4. The average molecular weight is 224 g/mol. The van der Waals surface area contributed by atoms with Gasteiger partial charge in [0.15, 0.2) is 0 Å². The number of urea groups is 1. The molecular weight excluding hydrogens is 208 g/mol. The molecule has 6 heteroatoms. The number of nitriles is 1. The zero-order chi connectivity index (χ0) is 12.2. The average Bonchev–Trinajstić information content (AvgIpc) is 2.18. The predicted octanol–water partition coefficient (Wildman–Crippen LogP) is -0.289. The molecule has 0 saturated heterocycles. The molecule has 6 nitrogen and oxygen atoms in total. The standard InChI is InChI=1S/C10H16N4O2/c1-7-4-10(5-7,6-11)8(15)13-2-3-14-9(12)16/h7H,2-5H2,1H3,(H,13,15)(H3,12,14,16). The van der Waals surface area contributed by atoms with E-state index in [1.807, 2.05) is 6.92 Å². The minimum atomic E-state index is -0.855. The first-order chi connectivity index (χ1) is 7.50. The van der Waals surface area contributed by atoms with Crippen molar-refractivity contribution in [1.29, 1.82) is 5.26 Å². The number of carbonyl (C=O) groups is 2. The van der Waals surface area contributed by atoms with Crippen molar-refractivity contribution in [2.24, 2.45) is 17.1 Å². The highest BCUT2D eigenvalue weighted by Crippen LogP contribution is 2.44. The summed E-state index contributed by atoms with van der Waals surface area (Å²) in [6.45, 7) is 2.58. The molecule has 0 radical (unpaired) electrons. The van der Waals surface area contributed by atoms with E-state index in [4.69, 9.17) is 11.0 Å². The van der Waals surface area contributed by atoms with Crippen LogP contribution in [0.3, 0.4) is 0 Å². The molecule has 1 saturated carbocycles. The molecule has 1 rings (SSSR count). The first kappa shape index (κ1) is 12.3. The Kier molecular flexibility index (Phi) is 3.72. The summed E-state index contributed by atoms with van der Waals surface area (Å²) in [5, 5.41) is 13.9. The highest BCUT2D eigenvalue weighted by Gasteiger charge is 2.48. The quantitative estimate of drug-likeness (QED) is 0.571. The first-order valence-corrected chi connectivity index (χ1v) is 5.23. The maximum Gasteiger partial charge on any atom is 0.312 e. The van der Waals surface area contributed by atoms with Gasteiger partial charge < -0.3 is 16.4 Å². The van der Waals surface area contributed by atoms with Crippen molar-refractivity contribution >= 4 is 11.9 Å². The van der Waals surface area contributed by atoms with E-state index in [9.17, 15) is 9.59 Å². The lowest BCUT2D eigenvalue weighted by molar-refractivity contribution is -0.133. The zero-order valence-corrected chi connectivity index (χ0v) is 9.25. The van der Waals surface area contributed by atoms with Crippen LogP contribution in [0.2, 0.25) is 0 Å². The molecule has 0 atom stereocenters. The first-order valence-electron chi connectivity index (χ1n) is 5.23. The van der Waals surface area contributed by atoms with Crippen LogP contribution in [0, 0.1) is 22.7 Å². The Balaban J connectivity index is 2.30. The van der Waals surface area contributed by atoms with E-state index in [0.717, 1.165) is 0 Å². The van der Waals surface area contributed by atoms with Crippen LogP contribution in [0.25, 0.3) is 0 Å². The monoisotopic (exact) mass is 224 g/mol. The molecule has 3 amide bonds. The van der Waals surface area contributed by atoms with Gasteiger partial charge in [0.05, 0.1) is 6.07 Å². The summed E-state index contributed by atoms with van der Waals surface area (Å²) < 4.78 is 0. The molecule has 0 unspecified atom stereocenters. The van der Waals surface area contributed by atoms with Crippen molar-refractivity contribution in [2.45, 2.75) is 19.8 Å². The van der Waals surface area contributed by atoms with E-state index in [2.05, 4.69) is 16.7 Å². The minimum absolute atomic E-state index is 0.251. The van der Waals surface area contributed by atoms with Crippen LogP contribution in [-0.2, 0) is 4.79 Å². The van der Waals surface area contributed by atoms with Crippen molar-refractivity contribution in [2.75, 3.05) is 13.1 Å². The lowest BCUT2D eigenvalue weighted by atomic mass is 9.63. The number of nitrogens with two attached hydrogens (primary N) is 1. The third kappa shape index (κ3) is 2.63. The fraction of sp³-hybridized carbons (Fsp3) is 0.700. The van der Waals surface area contributed by atoms with Gasteiger partial charge in [-0.25, -0.2) is 4.79 Å². The van der Waals surface area contributed by atoms with Gasteiger partial charge >= 0.3 is 6.03 Å². The molecule has 1 aliphatic carbocycles. The molecule has 0 aromatic carbocycles. The number of hydrogen-bond donors (Lipinski definition) is 3. The summed E-state index contributed by atoms with van der Waals surface area (Å²) in [5.74, 6) is 0.175. The molecule has 0 aromatic heterocycles. The maximum atomic E-state index is 11.7. The highest BCUT2D eigenvalue weighted by atomic mass is 16.2. The van der Waals surface area contributed by atoms with Crippen LogP contribution in [-0.4, -0.2) is 25.0 Å². The fourth-order valence-electron chi connectivity index (χ4n) is 1.99. The number of primary amides is 1. The number of rotatable bonds is 4. The predicted molar refractivity (Wildman–Crippen MR) is 57.0 cm³/mol. The minimum Gasteiger partial charge on any atom is -0.353 e. The molecule has 0 aromatic rings. The summed E-state index contributed by atoms with van der Waals surface area (Å²) in [6.07, 6.45) is 1.22. The van der Waals surface area contributed by atoms with Crippen LogP contribution in [0.5, 0.6) is 0 Å². The van der Waals surface area contributed by atoms with E-state index in [1.54, 1.807) is 0 Å². The second-order valence-electron chi connectivity index (χ2n) is 4.25. The zero-order valence-electron chi connectivity index (χ0n) is 9.25. The lowest BCUT2D eigenvalue weighted by Crippen LogP contribution is -2.49. The molecule has 1 fully saturated rings. The topological polar surface area (TPSA) is 108 Å². The molecule has 1 aliphatic rings. The van der Waals surface area contributed by atoms with Crippen molar-refractivity contribution in [3.05, 3.63) is 0 Å². The van der Waals surface area contributed by atoms with Gasteiger partial charge in [-0.05, 0) is 18.8 Å². The molecule has 88 valence electrons. The summed E-state index contributed by atoms with van der Waals surface area (Å²) in [6, 6.07) is 1.45. The van der Waals surface area contributed by atoms with Gasteiger partial charge in [0.1, 0.15) is 5.41 Å². The molecule has 0 aliphatic heterocycles. The molecule has 0 spiro atoms. The van der Waals surface area contributed by atoms with Gasteiger partial charge in [0, 0.05) is 13.1 Å². The lowest BCUT2D eigenvalue weighted by Gasteiger charge is -2.39. The Hall–Kier alpha value is -1.77. The molecule has 0 heterocycles. The van der Waals surface area contributed by atoms with Gasteiger partial charge in [-0.3, -0.25) is 4.79 Å². The van der Waals surface area contributed by atoms with Gasteiger partial charge in [-0.2, -0.15) is 5.26 Å². The van der Waals surface area contributed by atoms with Crippen LogP contribution >= 0.6 is 0 Å². The van der Waals surface area contributed by atoms with Gasteiger partial charge in [0.2, 0.25) is 5.91 Å². The van der Waals surface area contributed by atoms with Gasteiger partial charge in [-0.15, -0.1) is 0 Å². The Morgan fingerprint density at radius 2 is 2.00 bits per heavy atom. The molecular formula is C10H16N4O2. The third-order valence-corrected chi connectivity index (χ3v) is 2.75. The number of amides is 3. The Labute approximate surface area is 94.2 Å². The highest BCUT2D eigenvalue weighted by molar-refractivity contribution is 5.86. The van der Waals surface area contributed by atoms with Crippen molar-refractivity contribution < 1.29 is 9.59 Å². The van der Waals surface area contributed by atoms with E-state index in [1.165, 1.54) is 0 Å². The SMILES string of the molecule is CC1CC(C#N)(C(=O)NCCNC(N)=O)C1. The second kappa shape index (κ2) is 4.84. The smallest absolute Gasteiger partial charge is 0.312 e. The van der Waals surface area contributed by atoms with Crippen molar-refractivity contribution in [3.63, 3.8) is 0 Å². The maximum absolute atomic E-state index is 11.7. The molecule has 4 N–H and O–H groups in total. The van der Waals surface area contributed by atoms with Crippen LogP contribution in [0.15, 0.2) is 0 Å². The van der Waals surface area contributed by atoms with Crippen LogP contribution in [0.1, 0.15) is 19.8 Å². The van der Waals surface area contributed by atoms with E-state index >= 15 is 0 Å². The van der Waals surface area contributed by atoms with Crippen LogP contribution in [0.4, 0.5) is 4.79 Å². The van der Waals surface area contributed by atoms with Gasteiger partial charge in [-0.1, -0.05) is 6.92 Å². The summed E-state index contributed by atoms with van der Waals surface area (Å²) in [5.41, 5.74) is 4.01. The third-order valence-electron chi connectivity index (χ3n) is 2.75. The summed E-state index contributed by atoms with van der Waals surface area (Å²) in [7, 11) is 0. The van der Waals surface area contributed by atoms with Crippen LogP contribution < -0.4 is 16.4 Å². The summed E-state index contributed by atoms with van der Waals surface area (Å²) in [4.78, 5) is 22.0. The van der Waals surface area contributed by atoms with Gasteiger partial charge in [0.25, 0.3) is 0 Å². The van der Waals surface area contributed by atoms with E-state index in [0.29, 0.717) is 25.3 Å². The summed E-state index contributed by atoms with van der Waals surface area (Å²) >= 11 is 0. The fourth-order valence-corrected chi connectivity index (χ4v) is 1.99. The molecule has 0 bridgehead atoms.